The number of esters is 2. The predicted octanol–water partition coefficient (Wildman–Crippen LogP) is 9.30. The molecular weight excluding hydrogens is 624 g/mol. The van der Waals surface area contributed by atoms with Crippen LogP contribution in [0.3, 0.4) is 0 Å². The second kappa shape index (κ2) is 11.9. The molecule has 0 bridgehead atoms. The molecule has 0 radical (unpaired) electrons. The highest BCUT2D eigenvalue weighted by atomic mass is 16.6. The van der Waals surface area contributed by atoms with E-state index in [1.54, 1.807) is 6.20 Å². The Kier molecular flexibility index (Phi) is 8.39. The Balaban J connectivity index is 1.27. The van der Waals surface area contributed by atoms with E-state index in [0.717, 1.165) is 61.5 Å². The third kappa shape index (κ3) is 5.02. The highest BCUT2D eigenvalue weighted by molar-refractivity contribution is 5.97. The summed E-state index contributed by atoms with van der Waals surface area (Å²) >= 11 is 0. The largest absolute Gasteiger partial charge is 0.459 e. The zero-order valence-corrected chi connectivity index (χ0v) is 31.7. The Labute approximate surface area is 298 Å². The summed E-state index contributed by atoms with van der Waals surface area (Å²) in [6.45, 7) is 19.6. The van der Waals surface area contributed by atoms with Gasteiger partial charge in [-0.25, -0.2) is 0 Å². The topological polar surface area (TPSA) is 94.6 Å². The second-order valence-corrected chi connectivity index (χ2v) is 18.4. The average molecular weight is 683 g/mol. The number of ether oxygens (including phenoxy) is 2. The van der Waals surface area contributed by atoms with Crippen LogP contribution < -0.4 is 5.32 Å². The maximum Gasteiger partial charge on any atom is 0.303 e. The Morgan fingerprint density at radius 1 is 0.880 bits per heavy atom. The quantitative estimate of drug-likeness (QED) is 0.255. The maximum atomic E-state index is 14.8. The molecule has 1 heterocycles. The molecule has 2 aromatic rings. The van der Waals surface area contributed by atoms with Gasteiger partial charge in [0.15, 0.2) is 0 Å². The van der Waals surface area contributed by atoms with E-state index in [-0.39, 0.29) is 45.4 Å². The molecule has 0 unspecified atom stereocenters. The Morgan fingerprint density at radius 3 is 2.32 bits per heavy atom. The molecule has 1 aromatic carbocycles. The van der Waals surface area contributed by atoms with Crippen molar-refractivity contribution < 1.29 is 23.9 Å². The van der Waals surface area contributed by atoms with Gasteiger partial charge in [-0.2, -0.15) is 0 Å². The van der Waals surface area contributed by atoms with Crippen LogP contribution in [0.25, 0.3) is 10.9 Å². The van der Waals surface area contributed by atoms with E-state index >= 15 is 0 Å². The minimum atomic E-state index is -0.486. The lowest BCUT2D eigenvalue weighted by atomic mass is 9.33. The molecule has 7 heteroatoms. The first-order valence-corrected chi connectivity index (χ1v) is 19.2. The van der Waals surface area contributed by atoms with Gasteiger partial charge in [-0.1, -0.05) is 78.3 Å². The Bertz CT molecular complexity index is 1750. The molecule has 0 aliphatic heterocycles. The number of aromatic nitrogens is 1. The lowest BCUT2D eigenvalue weighted by Gasteiger charge is -2.71. The minimum Gasteiger partial charge on any atom is -0.459 e. The first kappa shape index (κ1) is 35.2. The fraction of sp³-hybridized carbons (Fsp3) is 0.674. The number of benzene rings is 1. The van der Waals surface area contributed by atoms with Gasteiger partial charge in [0.25, 0.3) is 0 Å². The standard InChI is InChI=1S/C43H58N2O5/c1-25-16-19-43(38(48)45-30-22-29-12-10-11-13-32(29)44-24-30)21-20-41(8)31(36(43)26(25)2)14-15-35-40(7)23-33(49-27(3)46)37(50-28(4)47)39(5,6)34(40)17-18-42(35,41)9/h10-14,22,24-26,33-37H,15-21,23H2,1-9H3,(H,45,48)/t25-,26+,33+,34+,35-,36+,37+,40+,41-,42-,43+/m1/s1. The summed E-state index contributed by atoms with van der Waals surface area (Å²) in [4.78, 5) is 44.2. The zero-order chi connectivity index (χ0) is 36.0. The van der Waals surface area contributed by atoms with Crippen LogP contribution in [-0.2, 0) is 23.9 Å². The molecule has 0 saturated heterocycles. The molecule has 1 amide bonds. The molecule has 270 valence electrons. The third-order valence-electron chi connectivity index (χ3n) is 15.8. The number of anilines is 1. The van der Waals surface area contributed by atoms with Gasteiger partial charge in [0, 0.05) is 24.6 Å². The summed E-state index contributed by atoms with van der Waals surface area (Å²) in [5, 5.41) is 4.42. The van der Waals surface area contributed by atoms with E-state index in [0.29, 0.717) is 30.1 Å². The summed E-state index contributed by atoms with van der Waals surface area (Å²) in [7, 11) is 0. The van der Waals surface area contributed by atoms with Crippen LogP contribution in [-0.4, -0.2) is 35.0 Å². The number of allylic oxidation sites excluding steroid dienone is 2. The normalized spacial score (nSPS) is 41.7. The number of carbonyl (C=O) groups is 3. The highest BCUT2D eigenvalue weighted by Gasteiger charge is 2.71. The van der Waals surface area contributed by atoms with Crippen LogP contribution >= 0.6 is 0 Å². The van der Waals surface area contributed by atoms with Gasteiger partial charge in [-0.3, -0.25) is 19.4 Å². The molecule has 1 N–H and O–H groups in total. The molecule has 0 spiro atoms. The molecule has 5 aliphatic rings. The van der Waals surface area contributed by atoms with Crippen LogP contribution in [0, 0.1) is 56.7 Å². The first-order valence-electron chi connectivity index (χ1n) is 19.2. The van der Waals surface area contributed by atoms with Gasteiger partial charge in [-0.15, -0.1) is 0 Å². The number of hydrogen-bond acceptors (Lipinski definition) is 6. The van der Waals surface area contributed by atoms with Crippen LogP contribution in [0.1, 0.15) is 114 Å². The fourth-order valence-corrected chi connectivity index (χ4v) is 13.1. The monoisotopic (exact) mass is 682 g/mol. The number of rotatable bonds is 4. The summed E-state index contributed by atoms with van der Waals surface area (Å²) in [5.74, 6) is 1.25. The van der Waals surface area contributed by atoms with Crippen molar-refractivity contribution in [1.82, 2.24) is 4.98 Å². The summed E-state index contributed by atoms with van der Waals surface area (Å²) in [5.41, 5.74) is 2.19. The smallest absolute Gasteiger partial charge is 0.303 e. The molecular formula is C43H58N2O5. The number of amides is 1. The third-order valence-corrected chi connectivity index (χ3v) is 15.8. The SMILES string of the molecule is CC(=O)O[C@H]1C[C@]2(C)[C@H]3CC=C4[C@@H]5[C@@H](C)[C@H](C)CC[C@]5(C(=O)Nc5cnc6ccccc6c5)CC[C@@]4(C)[C@]3(C)CC[C@H]2C(C)(C)[C@H]1OC(C)=O. The van der Waals surface area contributed by atoms with Crippen molar-refractivity contribution in [2.75, 3.05) is 5.32 Å². The van der Waals surface area contributed by atoms with Crippen molar-refractivity contribution in [3.8, 4) is 0 Å². The van der Waals surface area contributed by atoms with E-state index in [4.69, 9.17) is 9.47 Å². The summed E-state index contributed by atoms with van der Waals surface area (Å²) in [6.07, 6.45) is 10.9. The van der Waals surface area contributed by atoms with Gasteiger partial charge >= 0.3 is 11.9 Å². The van der Waals surface area contributed by atoms with Crippen LogP contribution in [0.4, 0.5) is 5.69 Å². The number of fused-ring (bicyclic) bond motifs is 8. The van der Waals surface area contributed by atoms with Gasteiger partial charge in [0.05, 0.1) is 22.8 Å². The predicted molar refractivity (Wildman–Crippen MR) is 196 cm³/mol. The molecule has 50 heavy (non-hydrogen) atoms. The van der Waals surface area contributed by atoms with Crippen molar-refractivity contribution >= 4 is 34.4 Å². The van der Waals surface area contributed by atoms with E-state index in [1.165, 1.54) is 19.4 Å². The molecule has 4 fully saturated rings. The highest BCUT2D eigenvalue weighted by Crippen LogP contribution is 2.76. The van der Waals surface area contributed by atoms with Gasteiger partial charge in [-0.05, 0) is 109 Å². The van der Waals surface area contributed by atoms with Gasteiger partial charge in [0.2, 0.25) is 5.91 Å². The van der Waals surface area contributed by atoms with Crippen molar-refractivity contribution in [2.45, 2.75) is 126 Å². The lowest BCUT2D eigenvalue weighted by molar-refractivity contribution is -0.244. The molecule has 1 aromatic heterocycles. The summed E-state index contributed by atoms with van der Waals surface area (Å²) < 4.78 is 12.0. The molecule has 4 saturated carbocycles. The van der Waals surface area contributed by atoms with Crippen molar-refractivity contribution in [2.24, 2.45) is 56.7 Å². The zero-order valence-electron chi connectivity index (χ0n) is 31.7. The van der Waals surface area contributed by atoms with E-state index in [1.807, 2.05) is 24.3 Å². The molecule has 7 nitrogen and oxygen atoms in total. The van der Waals surface area contributed by atoms with Crippen LogP contribution in [0.2, 0.25) is 0 Å². The number of nitrogens with zero attached hydrogens (tertiary/aromatic N) is 1. The number of pyridine rings is 1. The summed E-state index contributed by atoms with van der Waals surface area (Å²) in [6, 6.07) is 10.1. The molecule has 5 aliphatic carbocycles. The Hall–Kier alpha value is -3.22. The number of nitrogens with one attached hydrogen (secondary N) is 1. The number of hydrogen-bond donors (Lipinski definition) is 1. The van der Waals surface area contributed by atoms with Crippen molar-refractivity contribution in [1.29, 1.82) is 0 Å². The first-order chi connectivity index (χ1) is 23.5. The lowest BCUT2D eigenvalue weighted by Crippen LogP contribution is -2.68. The maximum absolute atomic E-state index is 14.8. The van der Waals surface area contributed by atoms with Gasteiger partial charge in [0.1, 0.15) is 12.2 Å². The number of para-hydroxylation sites is 1. The van der Waals surface area contributed by atoms with Crippen molar-refractivity contribution in [3.05, 3.63) is 48.2 Å². The molecule has 11 atom stereocenters. The second-order valence-electron chi connectivity index (χ2n) is 18.4. The van der Waals surface area contributed by atoms with Crippen LogP contribution in [0.15, 0.2) is 48.2 Å². The Morgan fingerprint density at radius 2 is 1.60 bits per heavy atom. The van der Waals surface area contributed by atoms with E-state index in [2.05, 4.69) is 70.9 Å². The number of carbonyl (C=O) groups excluding carboxylic acids is 3. The average Bonchev–Trinajstić information content (AvgIpc) is 3.04. The fourth-order valence-electron chi connectivity index (χ4n) is 13.1. The molecule has 7 rings (SSSR count). The van der Waals surface area contributed by atoms with Crippen molar-refractivity contribution in [3.63, 3.8) is 0 Å². The van der Waals surface area contributed by atoms with E-state index in [9.17, 15) is 14.4 Å². The van der Waals surface area contributed by atoms with Crippen LogP contribution in [0.5, 0.6) is 0 Å². The minimum absolute atomic E-state index is 0.00123. The van der Waals surface area contributed by atoms with E-state index < -0.39 is 17.6 Å². The van der Waals surface area contributed by atoms with Gasteiger partial charge < -0.3 is 14.8 Å².